The number of amides is 1. The van der Waals surface area contributed by atoms with Crippen LogP contribution < -0.4 is 14.8 Å². The average molecular weight is 307 g/mol. The summed E-state index contributed by atoms with van der Waals surface area (Å²) in [5.41, 5.74) is 2.15. The lowest BCUT2D eigenvalue weighted by atomic mass is 10.1. The molecular formula is C17H13N3O3. The summed E-state index contributed by atoms with van der Waals surface area (Å²) in [7, 11) is 0. The molecule has 2 N–H and O–H groups in total. The van der Waals surface area contributed by atoms with Crippen molar-refractivity contribution in [2.75, 3.05) is 12.1 Å². The van der Waals surface area contributed by atoms with Crippen LogP contribution in [0.3, 0.4) is 0 Å². The normalized spacial score (nSPS) is 12.2. The first-order valence-corrected chi connectivity index (χ1v) is 7.10. The number of anilines is 1. The van der Waals surface area contributed by atoms with Gasteiger partial charge < -0.3 is 19.8 Å². The third kappa shape index (κ3) is 2.62. The Morgan fingerprint density at radius 1 is 1.09 bits per heavy atom. The van der Waals surface area contributed by atoms with Gasteiger partial charge >= 0.3 is 0 Å². The molecule has 1 aliphatic heterocycles. The zero-order valence-corrected chi connectivity index (χ0v) is 12.1. The number of nitrogens with zero attached hydrogens (tertiary/aromatic N) is 1. The Kier molecular flexibility index (Phi) is 3.20. The molecule has 0 fully saturated rings. The number of ether oxygens (including phenoxy) is 2. The smallest absolute Gasteiger partial charge is 0.255 e. The van der Waals surface area contributed by atoms with E-state index in [9.17, 15) is 4.79 Å². The van der Waals surface area contributed by atoms with Crippen molar-refractivity contribution in [3.63, 3.8) is 0 Å². The SMILES string of the molecule is O=C(Nc1ccc2c(c1)OCO2)c1ccc(-c2ncc[nH]2)cc1. The molecule has 1 aliphatic rings. The first-order valence-electron chi connectivity index (χ1n) is 7.10. The van der Waals surface area contributed by atoms with Gasteiger partial charge in [0, 0.05) is 35.3 Å². The number of rotatable bonds is 3. The van der Waals surface area contributed by atoms with Gasteiger partial charge in [0.1, 0.15) is 5.82 Å². The lowest BCUT2D eigenvalue weighted by Crippen LogP contribution is -2.11. The van der Waals surface area contributed by atoms with Gasteiger partial charge in [-0.05, 0) is 24.3 Å². The van der Waals surface area contributed by atoms with Crippen molar-refractivity contribution in [2.24, 2.45) is 0 Å². The van der Waals surface area contributed by atoms with Crippen LogP contribution in [-0.4, -0.2) is 22.7 Å². The van der Waals surface area contributed by atoms with Crippen LogP contribution >= 0.6 is 0 Å². The summed E-state index contributed by atoms with van der Waals surface area (Å²) in [5, 5.41) is 2.84. The molecule has 0 saturated carbocycles. The summed E-state index contributed by atoms with van der Waals surface area (Å²) in [6.45, 7) is 0.209. The molecule has 0 saturated heterocycles. The Bertz CT molecular complexity index is 842. The molecule has 0 atom stereocenters. The summed E-state index contributed by atoms with van der Waals surface area (Å²) in [4.78, 5) is 19.5. The number of fused-ring (bicyclic) bond motifs is 1. The van der Waals surface area contributed by atoms with Crippen LogP contribution in [0.15, 0.2) is 54.9 Å². The molecule has 2 heterocycles. The van der Waals surface area contributed by atoms with Crippen LogP contribution in [0.1, 0.15) is 10.4 Å². The fraction of sp³-hybridized carbons (Fsp3) is 0.0588. The number of carbonyl (C=O) groups excluding carboxylic acids is 1. The fourth-order valence-electron chi connectivity index (χ4n) is 2.38. The first kappa shape index (κ1) is 13.4. The Hall–Kier alpha value is -3.28. The first-order chi connectivity index (χ1) is 11.3. The third-order valence-electron chi connectivity index (χ3n) is 3.55. The number of hydrogen-bond donors (Lipinski definition) is 2. The highest BCUT2D eigenvalue weighted by Crippen LogP contribution is 2.34. The van der Waals surface area contributed by atoms with Gasteiger partial charge in [-0.2, -0.15) is 0 Å². The highest BCUT2D eigenvalue weighted by Gasteiger charge is 2.14. The number of aromatic amines is 1. The molecule has 114 valence electrons. The molecule has 0 spiro atoms. The molecule has 6 heteroatoms. The second-order valence-corrected chi connectivity index (χ2v) is 5.04. The second-order valence-electron chi connectivity index (χ2n) is 5.04. The van der Waals surface area contributed by atoms with Gasteiger partial charge in [0.15, 0.2) is 11.5 Å². The molecule has 0 aliphatic carbocycles. The number of imidazole rings is 1. The van der Waals surface area contributed by atoms with Gasteiger partial charge in [0.2, 0.25) is 6.79 Å². The van der Waals surface area contributed by atoms with E-state index in [1.54, 1.807) is 42.7 Å². The Morgan fingerprint density at radius 3 is 2.70 bits per heavy atom. The minimum absolute atomic E-state index is 0.185. The molecule has 2 aromatic carbocycles. The standard InChI is InChI=1S/C17H13N3O3/c21-17(20-13-5-6-14-15(9-13)23-10-22-14)12-3-1-11(2-4-12)16-18-7-8-19-16/h1-9H,10H2,(H,18,19)(H,20,21). The molecular weight excluding hydrogens is 294 g/mol. The molecule has 6 nitrogen and oxygen atoms in total. The molecule has 1 aromatic heterocycles. The summed E-state index contributed by atoms with van der Waals surface area (Å²) < 4.78 is 10.5. The molecule has 0 bridgehead atoms. The monoisotopic (exact) mass is 307 g/mol. The molecule has 0 unspecified atom stereocenters. The zero-order chi connectivity index (χ0) is 15.6. The Morgan fingerprint density at radius 2 is 1.91 bits per heavy atom. The molecule has 4 rings (SSSR count). The van der Waals surface area contributed by atoms with Crippen LogP contribution in [0.2, 0.25) is 0 Å². The van der Waals surface area contributed by atoms with Gasteiger partial charge in [-0.25, -0.2) is 4.98 Å². The van der Waals surface area contributed by atoms with Crippen LogP contribution in [0.25, 0.3) is 11.4 Å². The van der Waals surface area contributed by atoms with E-state index >= 15 is 0 Å². The van der Waals surface area contributed by atoms with E-state index in [1.807, 2.05) is 12.1 Å². The van der Waals surface area contributed by atoms with Gasteiger partial charge in [0.25, 0.3) is 5.91 Å². The van der Waals surface area contributed by atoms with Crippen molar-refractivity contribution in [1.82, 2.24) is 9.97 Å². The minimum Gasteiger partial charge on any atom is -0.454 e. The molecule has 3 aromatic rings. The largest absolute Gasteiger partial charge is 0.454 e. The predicted octanol–water partition coefficient (Wildman–Crippen LogP) is 3.06. The topological polar surface area (TPSA) is 76.2 Å². The lowest BCUT2D eigenvalue weighted by molar-refractivity contribution is 0.102. The van der Waals surface area contributed by atoms with Crippen LogP contribution in [0, 0.1) is 0 Å². The summed E-state index contributed by atoms with van der Waals surface area (Å²) in [6, 6.07) is 12.5. The van der Waals surface area contributed by atoms with Crippen molar-refractivity contribution in [1.29, 1.82) is 0 Å². The van der Waals surface area contributed by atoms with E-state index in [4.69, 9.17) is 9.47 Å². The number of aromatic nitrogens is 2. The zero-order valence-electron chi connectivity index (χ0n) is 12.1. The lowest BCUT2D eigenvalue weighted by Gasteiger charge is -2.07. The van der Waals surface area contributed by atoms with E-state index in [1.165, 1.54) is 0 Å². The maximum absolute atomic E-state index is 12.3. The van der Waals surface area contributed by atoms with Crippen molar-refractivity contribution >= 4 is 11.6 Å². The van der Waals surface area contributed by atoms with Crippen molar-refractivity contribution in [3.05, 3.63) is 60.4 Å². The van der Waals surface area contributed by atoms with Crippen molar-refractivity contribution in [3.8, 4) is 22.9 Å². The number of H-pyrrole nitrogens is 1. The highest BCUT2D eigenvalue weighted by molar-refractivity contribution is 6.04. The molecule has 23 heavy (non-hydrogen) atoms. The van der Waals surface area contributed by atoms with E-state index < -0.39 is 0 Å². The fourth-order valence-corrected chi connectivity index (χ4v) is 2.38. The highest BCUT2D eigenvalue weighted by atomic mass is 16.7. The number of hydrogen-bond acceptors (Lipinski definition) is 4. The van der Waals surface area contributed by atoms with Crippen LogP contribution in [0.4, 0.5) is 5.69 Å². The minimum atomic E-state index is -0.185. The quantitative estimate of drug-likeness (QED) is 0.779. The summed E-state index contributed by atoms with van der Waals surface area (Å²) in [6.07, 6.45) is 3.45. The van der Waals surface area contributed by atoms with Gasteiger partial charge in [-0.3, -0.25) is 4.79 Å². The maximum Gasteiger partial charge on any atom is 0.255 e. The van der Waals surface area contributed by atoms with Crippen molar-refractivity contribution in [2.45, 2.75) is 0 Å². The molecule has 0 radical (unpaired) electrons. The maximum atomic E-state index is 12.3. The second kappa shape index (κ2) is 5.49. The van der Waals surface area contributed by atoms with E-state index in [0.717, 1.165) is 11.4 Å². The predicted molar refractivity (Wildman–Crippen MR) is 84.5 cm³/mol. The summed E-state index contributed by atoms with van der Waals surface area (Å²) in [5.74, 6) is 1.91. The van der Waals surface area contributed by atoms with E-state index in [2.05, 4.69) is 15.3 Å². The number of benzene rings is 2. The van der Waals surface area contributed by atoms with Gasteiger partial charge in [-0.15, -0.1) is 0 Å². The van der Waals surface area contributed by atoms with E-state index in [0.29, 0.717) is 22.7 Å². The summed E-state index contributed by atoms with van der Waals surface area (Å²) >= 11 is 0. The number of carbonyl (C=O) groups is 1. The van der Waals surface area contributed by atoms with Gasteiger partial charge in [-0.1, -0.05) is 12.1 Å². The average Bonchev–Trinajstić information content (AvgIpc) is 3.26. The Labute approximate surface area is 132 Å². The van der Waals surface area contributed by atoms with Crippen LogP contribution in [-0.2, 0) is 0 Å². The third-order valence-corrected chi connectivity index (χ3v) is 3.55. The van der Waals surface area contributed by atoms with Crippen LogP contribution in [0.5, 0.6) is 11.5 Å². The van der Waals surface area contributed by atoms with Gasteiger partial charge in [0.05, 0.1) is 0 Å². The van der Waals surface area contributed by atoms with E-state index in [-0.39, 0.29) is 12.7 Å². The Balaban J connectivity index is 1.51. The number of nitrogens with one attached hydrogen (secondary N) is 2. The van der Waals surface area contributed by atoms with Crippen molar-refractivity contribution < 1.29 is 14.3 Å². The molecule has 1 amide bonds.